The number of hydrogen-bond donors (Lipinski definition) is 0. The maximum atomic E-state index is 12.9. The molecule has 2 aromatic carbocycles. The lowest BCUT2D eigenvalue weighted by molar-refractivity contribution is -0.137. The van der Waals surface area contributed by atoms with Gasteiger partial charge >= 0.3 is 6.18 Å². The fourth-order valence-corrected chi connectivity index (χ4v) is 4.88. The van der Waals surface area contributed by atoms with Crippen molar-refractivity contribution in [1.29, 1.82) is 0 Å². The number of aromatic nitrogens is 2. The molecule has 1 aromatic heterocycles. The van der Waals surface area contributed by atoms with E-state index in [4.69, 9.17) is 9.26 Å². The van der Waals surface area contributed by atoms with Gasteiger partial charge in [-0.15, -0.1) is 0 Å². The van der Waals surface area contributed by atoms with Crippen molar-refractivity contribution in [3.8, 4) is 17.1 Å². The summed E-state index contributed by atoms with van der Waals surface area (Å²) in [6.45, 7) is 2.33. The highest BCUT2D eigenvalue weighted by Gasteiger charge is 2.41. The number of para-hydroxylation sites is 1. The van der Waals surface area contributed by atoms with Crippen LogP contribution in [0.25, 0.3) is 11.4 Å². The lowest BCUT2D eigenvalue weighted by atomic mass is 10.0. The third kappa shape index (κ3) is 4.15. The Morgan fingerprint density at radius 3 is 2.61 bits per heavy atom. The number of nitrogens with zero attached hydrogens (tertiary/aromatic N) is 3. The standard InChI is InChI=1S/C20H18F3N3O4S/c1-2-29-16-8-3-4-9-17(16)31(27,28)26-11-14(12-26)19-24-18(25-30-19)13-6-5-7-15(10-13)20(21,22)23/h3-10,14H,2,11-12H2,1H3. The number of rotatable bonds is 6. The van der Waals surface area contributed by atoms with E-state index in [1.165, 1.54) is 22.5 Å². The number of alkyl halides is 3. The molecule has 11 heteroatoms. The van der Waals surface area contributed by atoms with Gasteiger partial charge in [-0.1, -0.05) is 29.4 Å². The van der Waals surface area contributed by atoms with E-state index in [0.29, 0.717) is 6.61 Å². The summed E-state index contributed by atoms with van der Waals surface area (Å²) in [6.07, 6.45) is -4.48. The molecule has 3 aromatic rings. The molecule has 0 aliphatic carbocycles. The second kappa shape index (κ2) is 7.97. The van der Waals surface area contributed by atoms with E-state index in [9.17, 15) is 21.6 Å². The first-order valence-electron chi connectivity index (χ1n) is 9.43. The predicted molar refractivity (Wildman–Crippen MR) is 104 cm³/mol. The molecule has 0 radical (unpaired) electrons. The van der Waals surface area contributed by atoms with Crippen LogP contribution in [0.15, 0.2) is 57.9 Å². The summed E-state index contributed by atoms with van der Waals surface area (Å²) < 4.78 is 76.5. The van der Waals surface area contributed by atoms with E-state index < -0.39 is 21.8 Å². The van der Waals surface area contributed by atoms with Crippen LogP contribution in [0.2, 0.25) is 0 Å². The number of sulfonamides is 1. The Morgan fingerprint density at radius 1 is 1.16 bits per heavy atom. The van der Waals surface area contributed by atoms with Gasteiger partial charge in [-0.05, 0) is 31.2 Å². The van der Waals surface area contributed by atoms with Gasteiger partial charge in [0.05, 0.1) is 18.1 Å². The van der Waals surface area contributed by atoms with Crippen LogP contribution in [0.5, 0.6) is 5.75 Å². The Kier molecular flexibility index (Phi) is 5.48. The average molecular weight is 453 g/mol. The maximum Gasteiger partial charge on any atom is 0.416 e. The summed E-state index contributed by atoms with van der Waals surface area (Å²) in [5.41, 5.74) is -0.649. The van der Waals surface area contributed by atoms with Crippen molar-refractivity contribution in [3.05, 3.63) is 60.0 Å². The minimum absolute atomic E-state index is 0.0177. The predicted octanol–water partition coefficient (Wildman–Crippen LogP) is 3.94. The highest BCUT2D eigenvalue weighted by Crippen LogP contribution is 2.36. The quantitative estimate of drug-likeness (QED) is 0.562. The topological polar surface area (TPSA) is 85.5 Å². The first-order valence-corrected chi connectivity index (χ1v) is 10.9. The van der Waals surface area contributed by atoms with Crippen molar-refractivity contribution in [3.63, 3.8) is 0 Å². The molecule has 0 unspecified atom stereocenters. The molecule has 0 saturated carbocycles. The van der Waals surface area contributed by atoms with Crippen LogP contribution in [0.3, 0.4) is 0 Å². The Balaban J connectivity index is 1.49. The molecule has 4 rings (SSSR count). The molecule has 1 saturated heterocycles. The molecule has 0 spiro atoms. The lowest BCUT2D eigenvalue weighted by Crippen LogP contribution is -2.48. The molecule has 0 atom stereocenters. The Morgan fingerprint density at radius 2 is 1.90 bits per heavy atom. The van der Waals surface area contributed by atoms with Crippen LogP contribution in [0.4, 0.5) is 13.2 Å². The second-order valence-electron chi connectivity index (χ2n) is 6.93. The summed E-state index contributed by atoms with van der Waals surface area (Å²) in [4.78, 5) is 4.25. The normalized spacial score (nSPS) is 15.6. The molecule has 7 nitrogen and oxygen atoms in total. The van der Waals surface area contributed by atoms with Crippen molar-refractivity contribution in [2.75, 3.05) is 19.7 Å². The molecular weight excluding hydrogens is 435 g/mol. The zero-order chi connectivity index (χ0) is 22.2. The highest BCUT2D eigenvalue weighted by atomic mass is 32.2. The fraction of sp³-hybridized carbons (Fsp3) is 0.300. The largest absolute Gasteiger partial charge is 0.492 e. The lowest BCUT2D eigenvalue weighted by Gasteiger charge is -2.36. The van der Waals surface area contributed by atoms with Crippen molar-refractivity contribution < 1.29 is 30.8 Å². The zero-order valence-electron chi connectivity index (χ0n) is 16.3. The third-order valence-corrected chi connectivity index (χ3v) is 6.73. The van der Waals surface area contributed by atoms with Gasteiger partial charge in [0.15, 0.2) is 0 Å². The van der Waals surface area contributed by atoms with E-state index in [-0.39, 0.29) is 46.9 Å². The van der Waals surface area contributed by atoms with Gasteiger partial charge in [-0.3, -0.25) is 0 Å². The molecule has 0 N–H and O–H groups in total. The highest BCUT2D eigenvalue weighted by molar-refractivity contribution is 7.89. The molecule has 164 valence electrons. The molecule has 1 fully saturated rings. The Labute approximate surface area is 176 Å². The summed E-state index contributed by atoms with van der Waals surface area (Å²) in [5, 5.41) is 3.75. The van der Waals surface area contributed by atoms with Crippen LogP contribution in [0, 0.1) is 0 Å². The Bertz CT molecular complexity index is 1190. The Hall–Kier alpha value is -2.92. The third-order valence-electron chi connectivity index (χ3n) is 4.85. The molecule has 2 heterocycles. The first kappa shape index (κ1) is 21.3. The van der Waals surface area contributed by atoms with Crippen molar-refractivity contribution in [1.82, 2.24) is 14.4 Å². The van der Waals surface area contributed by atoms with Crippen molar-refractivity contribution >= 4 is 10.0 Å². The maximum absolute atomic E-state index is 12.9. The van der Waals surface area contributed by atoms with Gasteiger partial charge < -0.3 is 9.26 Å². The minimum atomic E-state index is -4.48. The van der Waals surface area contributed by atoms with E-state index in [1.807, 2.05) is 0 Å². The molecule has 0 bridgehead atoms. The average Bonchev–Trinajstić information content (AvgIpc) is 3.16. The van der Waals surface area contributed by atoms with E-state index >= 15 is 0 Å². The van der Waals surface area contributed by atoms with Gasteiger partial charge in [0, 0.05) is 18.7 Å². The van der Waals surface area contributed by atoms with Crippen LogP contribution < -0.4 is 4.74 Å². The van der Waals surface area contributed by atoms with Crippen LogP contribution in [0.1, 0.15) is 24.3 Å². The zero-order valence-corrected chi connectivity index (χ0v) is 17.2. The summed E-state index contributed by atoms with van der Waals surface area (Å²) in [6, 6.07) is 11.0. The summed E-state index contributed by atoms with van der Waals surface area (Å²) >= 11 is 0. The molecule has 1 aliphatic heterocycles. The van der Waals surface area contributed by atoms with E-state index in [2.05, 4.69) is 10.1 Å². The molecule has 1 aliphatic rings. The van der Waals surface area contributed by atoms with E-state index in [1.54, 1.807) is 25.1 Å². The monoisotopic (exact) mass is 453 g/mol. The SMILES string of the molecule is CCOc1ccccc1S(=O)(=O)N1CC(c2nc(-c3cccc(C(F)(F)F)c3)no2)C1. The molecule has 31 heavy (non-hydrogen) atoms. The fourth-order valence-electron chi connectivity index (χ4n) is 3.22. The second-order valence-corrected chi connectivity index (χ2v) is 8.84. The molecular formula is C20H18F3N3O4S. The van der Waals surface area contributed by atoms with Gasteiger partial charge in [0.1, 0.15) is 10.6 Å². The van der Waals surface area contributed by atoms with Crippen molar-refractivity contribution in [2.45, 2.75) is 23.9 Å². The van der Waals surface area contributed by atoms with E-state index in [0.717, 1.165) is 12.1 Å². The van der Waals surface area contributed by atoms with Crippen LogP contribution in [-0.4, -0.2) is 42.6 Å². The van der Waals surface area contributed by atoms with Crippen LogP contribution >= 0.6 is 0 Å². The number of ether oxygens (including phenoxy) is 1. The molecule has 0 amide bonds. The number of halogens is 3. The summed E-state index contributed by atoms with van der Waals surface area (Å²) in [5.74, 6) is 0.125. The number of benzene rings is 2. The first-order chi connectivity index (χ1) is 14.7. The van der Waals surface area contributed by atoms with Crippen LogP contribution in [-0.2, 0) is 16.2 Å². The van der Waals surface area contributed by atoms with Gasteiger partial charge in [-0.25, -0.2) is 8.42 Å². The van der Waals surface area contributed by atoms with Gasteiger partial charge in [-0.2, -0.15) is 22.5 Å². The minimum Gasteiger partial charge on any atom is -0.492 e. The number of hydrogen-bond acceptors (Lipinski definition) is 6. The van der Waals surface area contributed by atoms with Crippen molar-refractivity contribution in [2.24, 2.45) is 0 Å². The van der Waals surface area contributed by atoms with Gasteiger partial charge in [0.2, 0.25) is 21.7 Å². The smallest absolute Gasteiger partial charge is 0.416 e. The summed E-state index contributed by atoms with van der Waals surface area (Å²) in [7, 11) is -3.77. The van der Waals surface area contributed by atoms with Gasteiger partial charge in [0.25, 0.3) is 0 Å².